The summed E-state index contributed by atoms with van der Waals surface area (Å²) in [6, 6.07) is 12.1. The number of fused-ring (bicyclic) bond motifs is 3. The van der Waals surface area contributed by atoms with Crippen molar-refractivity contribution in [3.05, 3.63) is 41.8 Å². The molecule has 5 rings (SSSR count). The number of unbranched alkanes of at least 4 members (excludes halogenated alkanes) is 2. The minimum absolute atomic E-state index is 0. The van der Waals surface area contributed by atoms with Crippen LogP contribution in [0.3, 0.4) is 0 Å². The molecule has 4 heterocycles. The number of hydrogen-bond acceptors (Lipinski definition) is 3. The predicted molar refractivity (Wildman–Crippen MR) is 120 cm³/mol. The van der Waals surface area contributed by atoms with E-state index >= 15 is 0 Å². The average Bonchev–Trinajstić information content (AvgIpc) is 3.22. The van der Waals surface area contributed by atoms with Crippen molar-refractivity contribution in [2.45, 2.75) is 39.0 Å². The van der Waals surface area contributed by atoms with E-state index in [2.05, 4.69) is 24.4 Å². The number of benzene rings is 1. The summed E-state index contributed by atoms with van der Waals surface area (Å²) in [5.41, 5.74) is 1.96. The standard InChI is InChI=1S/C24H32N2O2S.BrH/c1-2-3-7-13-26-14-10-19(11-15-26)21(17-26)18-28-24(27)25-22-12-16-29-23(22)20-8-5-4-6-9-20;/h4-6,8-9,12,16,19,21H,2-3,7,10-11,13-15,17-18H2,1H3;1H. The number of halogens is 1. The summed E-state index contributed by atoms with van der Waals surface area (Å²) in [5.74, 6) is 1.25. The molecule has 2 aromatic rings. The first-order valence-corrected chi connectivity index (χ1v) is 12.0. The van der Waals surface area contributed by atoms with Gasteiger partial charge in [-0.25, -0.2) is 4.79 Å². The molecule has 1 N–H and O–H groups in total. The lowest BCUT2D eigenvalue weighted by atomic mass is 9.77. The Kier molecular flexibility index (Phi) is 8.37. The van der Waals surface area contributed by atoms with Gasteiger partial charge in [0, 0.05) is 18.8 Å². The second kappa shape index (κ2) is 10.8. The van der Waals surface area contributed by atoms with Crippen molar-refractivity contribution < 1.29 is 31.0 Å². The molecule has 1 unspecified atom stereocenters. The first-order chi connectivity index (χ1) is 14.2. The molecule has 0 radical (unpaired) electrons. The maximum Gasteiger partial charge on any atom is 0.411 e. The highest BCUT2D eigenvalue weighted by Crippen LogP contribution is 2.38. The number of piperidine rings is 3. The molecule has 1 amide bonds. The van der Waals surface area contributed by atoms with Crippen LogP contribution in [0, 0.1) is 11.8 Å². The molecular weight excluding hydrogens is 460 g/mol. The number of carbonyl (C=O) groups is 1. The van der Waals surface area contributed by atoms with E-state index in [1.165, 1.54) is 62.8 Å². The number of hydrogen-bond donors (Lipinski definition) is 1. The topological polar surface area (TPSA) is 38.3 Å². The Bertz CT molecular complexity index is 803. The quantitative estimate of drug-likeness (QED) is 0.454. The highest BCUT2D eigenvalue weighted by Gasteiger charge is 2.45. The minimum Gasteiger partial charge on any atom is -1.00 e. The maximum atomic E-state index is 12.5. The van der Waals surface area contributed by atoms with E-state index in [9.17, 15) is 4.79 Å². The zero-order valence-corrected chi connectivity index (χ0v) is 20.2. The summed E-state index contributed by atoms with van der Waals surface area (Å²) >= 11 is 1.64. The van der Waals surface area contributed by atoms with Crippen molar-refractivity contribution >= 4 is 23.1 Å². The zero-order valence-electron chi connectivity index (χ0n) is 17.8. The van der Waals surface area contributed by atoms with Gasteiger partial charge in [-0.05, 0) is 35.8 Å². The molecule has 30 heavy (non-hydrogen) atoms. The highest BCUT2D eigenvalue weighted by molar-refractivity contribution is 7.14. The number of nitrogens with zero attached hydrogens (tertiary/aromatic N) is 1. The Morgan fingerprint density at radius 2 is 1.93 bits per heavy atom. The predicted octanol–water partition coefficient (Wildman–Crippen LogP) is 3.01. The lowest BCUT2D eigenvalue weighted by Crippen LogP contribution is -3.00. The molecule has 164 valence electrons. The van der Waals surface area contributed by atoms with Gasteiger partial charge in [0.25, 0.3) is 0 Å². The number of rotatable bonds is 8. The van der Waals surface area contributed by atoms with E-state index in [1.54, 1.807) is 11.3 Å². The van der Waals surface area contributed by atoms with Gasteiger partial charge in [-0.2, -0.15) is 0 Å². The van der Waals surface area contributed by atoms with Gasteiger partial charge in [-0.15, -0.1) is 11.3 Å². The van der Waals surface area contributed by atoms with Crippen LogP contribution in [0.1, 0.15) is 39.0 Å². The molecule has 6 heteroatoms. The number of quaternary nitrogens is 1. The fourth-order valence-electron chi connectivity index (χ4n) is 5.19. The minimum atomic E-state index is -0.324. The van der Waals surface area contributed by atoms with Crippen LogP contribution in [0.25, 0.3) is 10.4 Å². The lowest BCUT2D eigenvalue weighted by Gasteiger charge is -2.52. The van der Waals surface area contributed by atoms with Crippen molar-refractivity contribution in [2.75, 3.05) is 38.1 Å². The largest absolute Gasteiger partial charge is 1.00 e. The van der Waals surface area contributed by atoms with Crippen LogP contribution < -0.4 is 22.3 Å². The van der Waals surface area contributed by atoms with Gasteiger partial charge < -0.3 is 26.2 Å². The van der Waals surface area contributed by atoms with Crippen LogP contribution >= 0.6 is 11.3 Å². The van der Waals surface area contributed by atoms with Gasteiger partial charge in [-0.1, -0.05) is 43.7 Å². The third kappa shape index (κ3) is 5.45. The Balaban J connectivity index is 0.00000256. The summed E-state index contributed by atoms with van der Waals surface area (Å²) in [6.45, 7) is 7.97. The van der Waals surface area contributed by atoms with Gasteiger partial charge in [0.1, 0.15) is 6.61 Å². The van der Waals surface area contributed by atoms with Crippen molar-refractivity contribution in [2.24, 2.45) is 11.8 Å². The molecule has 3 aliphatic heterocycles. The van der Waals surface area contributed by atoms with Crippen molar-refractivity contribution in [1.82, 2.24) is 0 Å². The van der Waals surface area contributed by atoms with E-state index in [-0.39, 0.29) is 23.1 Å². The van der Waals surface area contributed by atoms with Crippen molar-refractivity contribution in [3.8, 4) is 10.4 Å². The lowest BCUT2D eigenvalue weighted by molar-refractivity contribution is -0.947. The summed E-state index contributed by atoms with van der Waals surface area (Å²) in [4.78, 5) is 13.6. The molecule has 3 aliphatic rings. The van der Waals surface area contributed by atoms with Crippen LogP contribution in [0.2, 0.25) is 0 Å². The van der Waals surface area contributed by atoms with E-state index in [4.69, 9.17) is 4.74 Å². The van der Waals surface area contributed by atoms with Gasteiger partial charge in [-0.3, -0.25) is 5.32 Å². The zero-order chi connectivity index (χ0) is 20.1. The van der Waals surface area contributed by atoms with Gasteiger partial charge in [0.2, 0.25) is 0 Å². The number of thiophene rings is 1. The van der Waals surface area contributed by atoms with Crippen LogP contribution in [0.4, 0.5) is 10.5 Å². The molecule has 2 bridgehead atoms. The third-order valence-electron chi connectivity index (χ3n) is 6.84. The third-order valence-corrected chi connectivity index (χ3v) is 7.80. The van der Waals surface area contributed by atoms with Crippen LogP contribution in [0.15, 0.2) is 41.8 Å². The summed E-state index contributed by atoms with van der Waals surface area (Å²) in [7, 11) is 0. The Labute approximate surface area is 195 Å². The first kappa shape index (κ1) is 23.3. The molecular formula is C24H33BrN2O2S. The number of nitrogens with one attached hydrogen (secondary N) is 1. The molecule has 1 aromatic heterocycles. The van der Waals surface area contributed by atoms with Gasteiger partial charge in [0.15, 0.2) is 0 Å². The van der Waals surface area contributed by atoms with Crippen molar-refractivity contribution in [3.63, 3.8) is 0 Å². The normalized spacial score (nSPS) is 24.8. The summed E-state index contributed by atoms with van der Waals surface area (Å²) in [6.07, 6.45) is 6.21. The first-order valence-electron chi connectivity index (χ1n) is 11.1. The summed E-state index contributed by atoms with van der Waals surface area (Å²) < 4.78 is 6.97. The second-order valence-corrected chi connectivity index (χ2v) is 9.67. The molecule has 1 atom stereocenters. The average molecular weight is 494 g/mol. The fraction of sp³-hybridized carbons (Fsp3) is 0.542. The summed E-state index contributed by atoms with van der Waals surface area (Å²) in [5, 5.41) is 4.98. The van der Waals surface area contributed by atoms with E-state index in [1.807, 2.05) is 29.6 Å². The monoisotopic (exact) mass is 492 g/mol. The Morgan fingerprint density at radius 1 is 1.17 bits per heavy atom. The van der Waals surface area contributed by atoms with Crippen LogP contribution in [-0.4, -0.2) is 43.4 Å². The van der Waals surface area contributed by atoms with E-state index in [0.29, 0.717) is 12.5 Å². The van der Waals surface area contributed by atoms with Crippen molar-refractivity contribution in [1.29, 1.82) is 0 Å². The molecule has 0 spiro atoms. The smallest absolute Gasteiger partial charge is 0.411 e. The number of ether oxygens (including phenoxy) is 1. The number of carbonyl (C=O) groups excluding carboxylic acids is 1. The van der Waals surface area contributed by atoms with Crippen LogP contribution in [-0.2, 0) is 4.74 Å². The van der Waals surface area contributed by atoms with Gasteiger partial charge >= 0.3 is 6.09 Å². The second-order valence-electron chi connectivity index (χ2n) is 8.75. The Morgan fingerprint density at radius 3 is 2.67 bits per heavy atom. The highest BCUT2D eigenvalue weighted by atomic mass is 79.9. The molecule has 4 nitrogen and oxygen atoms in total. The number of anilines is 1. The Hall–Kier alpha value is -1.37. The maximum absolute atomic E-state index is 12.5. The van der Waals surface area contributed by atoms with Gasteiger partial charge in [0.05, 0.1) is 36.7 Å². The molecule has 0 aliphatic carbocycles. The molecule has 3 saturated heterocycles. The molecule has 0 saturated carbocycles. The number of amides is 1. The van der Waals surface area contributed by atoms with Crippen LogP contribution in [0.5, 0.6) is 0 Å². The van der Waals surface area contributed by atoms with E-state index in [0.717, 1.165) is 22.0 Å². The molecule has 3 fully saturated rings. The molecule has 1 aromatic carbocycles. The fourth-order valence-corrected chi connectivity index (χ4v) is 6.04. The SMILES string of the molecule is CCCCC[N+]12CCC(CC1)C(COC(=O)Nc1ccsc1-c1ccccc1)C2.[Br-]. The van der Waals surface area contributed by atoms with E-state index < -0.39 is 0 Å².